The number of nitrogens with two attached hydrogens (primary N) is 1. The van der Waals surface area contributed by atoms with Gasteiger partial charge in [0.05, 0.1) is 0 Å². The summed E-state index contributed by atoms with van der Waals surface area (Å²) in [5.74, 6) is -0.385. The van der Waals surface area contributed by atoms with Gasteiger partial charge in [0.25, 0.3) is 0 Å². The fourth-order valence-electron chi connectivity index (χ4n) is 2.03. The molecule has 0 saturated carbocycles. The zero-order chi connectivity index (χ0) is 13.8. The molecule has 1 aromatic heterocycles. The predicted octanol–water partition coefficient (Wildman–Crippen LogP) is 3.01. The number of amides is 1. The first-order valence-electron chi connectivity index (χ1n) is 6.24. The summed E-state index contributed by atoms with van der Waals surface area (Å²) in [7, 11) is 0. The Morgan fingerprint density at radius 2 is 2.21 bits per heavy atom. The molecule has 1 heterocycles. The first-order chi connectivity index (χ1) is 9.08. The molecule has 0 spiro atoms. The third-order valence-electron chi connectivity index (χ3n) is 3.12. The number of aryl methyl sites for hydroxylation is 1. The van der Waals surface area contributed by atoms with Gasteiger partial charge in [0, 0.05) is 23.0 Å². The zero-order valence-electron chi connectivity index (χ0n) is 11.1. The maximum atomic E-state index is 11.1. The van der Waals surface area contributed by atoms with Crippen molar-refractivity contribution in [1.82, 2.24) is 5.32 Å². The van der Waals surface area contributed by atoms with Crippen molar-refractivity contribution in [1.29, 1.82) is 0 Å². The molecule has 2 aromatic rings. The van der Waals surface area contributed by atoms with Crippen LogP contribution >= 0.6 is 11.3 Å². The molecule has 0 saturated heterocycles. The Bertz CT molecular complexity index is 577. The molecule has 2 rings (SSSR count). The predicted molar refractivity (Wildman–Crippen MR) is 79.3 cm³/mol. The molecule has 3 nitrogen and oxygen atoms in total. The van der Waals surface area contributed by atoms with Gasteiger partial charge in [-0.15, -0.1) is 11.3 Å². The van der Waals surface area contributed by atoms with E-state index < -0.39 is 0 Å². The van der Waals surface area contributed by atoms with Crippen LogP contribution < -0.4 is 11.1 Å². The molecule has 0 aliphatic heterocycles. The van der Waals surface area contributed by atoms with Crippen molar-refractivity contribution in [2.45, 2.75) is 26.4 Å². The van der Waals surface area contributed by atoms with Gasteiger partial charge >= 0.3 is 0 Å². The van der Waals surface area contributed by atoms with E-state index in [1.54, 1.807) is 17.4 Å². The van der Waals surface area contributed by atoms with Gasteiger partial charge in [0.1, 0.15) is 0 Å². The van der Waals surface area contributed by atoms with Gasteiger partial charge in [-0.3, -0.25) is 4.79 Å². The van der Waals surface area contributed by atoms with Gasteiger partial charge in [0.15, 0.2) is 0 Å². The Hall–Kier alpha value is -1.65. The van der Waals surface area contributed by atoms with Crippen LogP contribution in [0.3, 0.4) is 0 Å². The monoisotopic (exact) mass is 274 g/mol. The van der Waals surface area contributed by atoms with Crippen LogP contribution in [0.15, 0.2) is 35.7 Å². The number of benzene rings is 1. The van der Waals surface area contributed by atoms with Crippen molar-refractivity contribution >= 4 is 17.2 Å². The molecule has 0 bridgehead atoms. The topological polar surface area (TPSA) is 55.1 Å². The number of primary amides is 1. The highest BCUT2D eigenvalue weighted by Gasteiger charge is 2.09. The van der Waals surface area contributed by atoms with E-state index in [0.29, 0.717) is 11.6 Å². The van der Waals surface area contributed by atoms with Crippen molar-refractivity contribution < 1.29 is 4.79 Å². The molecule has 1 amide bonds. The van der Waals surface area contributed by atoms with E-state index in [1.165, 1.54) is 10.4 Å². The summed E-state index contributed by atoms with van der Waals surface area (Å²) in [6, 6.07) is 9.86. The van der Waals surface area contributed by atoms with Crippen LogP contribution in [0.2, 0.25) is 0 Å². The highest BCUT2D eigenvalue weighted by molar-refractivity contribution is 7.10. The van der Waals surface area contributed by atoms with E-state index in [4.69, 9.17) is 5.73 Å². The molecule has 3 N–H and O–H groups in total. The number of nitrogens with one attached hydrogen (secondary N) is 1. The molecule has 100 valence electrons. The van der Waals surface area contributed by atoms with Crippen molar-refractivity contribution in [2.24, 2.45) is 5.73 Å². The summed E-state index contributed by atoms with van der Waals surface area (Å²) in [6.07, 6.45) is 0. The second kappa shape index (κ2) is 5.99. The minimum atomic E-state index is -0.385. The smallest absolute Gasteiger partial charge is 0.248 e. The minimum absolute atomic E-state index is 0.303. The molecular formula is C15H18N2OS. The van der Waals surface area contributed by atoms with Gasteiger partial charge in [-0.1, -0.05) is 12.1 Å². The van der Waals surface area contributed by atoms with E-state index in [1.807, 2.05) is 18.2 Å². The normalized spacial score (nSPS) is 12.3. The molecule has 1 unspecified atom stereocenters. The van der Waals surface area contributed by atoms with Crippen molar-refractivity contribution in [3.05, 3.63) is 57.3 Å². The quantitative estimate of drug-likeness (QED) is 0.880. The van der Waals surface area contributed by atoms with Crippen LogP contribution in [-0.4, -0.2) is 5.91 Å². The first kappa shape index (κ1) is 13.8. The van der Waals surface area contributed by atoms with E-state index >= 15 is 0 Å². The SMILES string of the molecule is Cc1ccsc1C(C)NCc1cccc(C(N)=O)c1. The number of thiophene rings is 1. The Kier molecular flexibility index (Phi) is 4.35. The Labute approximate surface area is 117 Å². The van der Waals surface area contributed by atoms with E-state index in [-0.39, 0.29) is 5.91 Å². The summed E-state index contributed by atoms with van der Waals surface area (Å²) in [4.78, 5) is 12.5. The number of carbonyl (C=O) groups excluding carboxylic acids is 1. The Balaban J connectivity index is 2.01. The van der Waals surface area contributed by atoms with Crippen LogP contribution in [0.25, 0.3) is 0 Å². The van der Waals surface area contributed by atoms with Gasteiger partial charge < -0.3 is 11.1 Å². The number of rotatable bonds is 5. The van der Waals surface area contributed by atoms with Gasteiger partial charge in [-0.25, -0.2) is 0 Å². The minimum Gasteiger partial charge on any atom is -0.366 e. The van der Waals surface area contributed by atoms with Crippen molar-refractivity contribution in [3.8, 4) is 0 Å². The molecule has 1 aromatic carbocycles. The largest absolute Gasteiger partial charge is 0.366 e. The van der Waals surface area contributed by atoms with Crippen LogP contribution in [-0.2, 0) is 6.54 Å². The third kappa shape index (κ3) is 3.43. The summed E-state index contributed by atoms with van der Waals surface area (Å²) < 4.78 is 0. The fourth-order valence-corrected chi connectivity index (χ4v) is 2.99. The highest BCUT2D eigenvalue weighted by atomic mass is 32.1. The zero-order valence-corrected chi connectivity index (χ0v) is 12.0. The average Bonchev–Trinajstić information content (AvgIpc) is 2.82. The second-order valence-electron chi connectivity index (χ2n) is 4.64. The lowest BCUT2D eigenvalue weighted by atomic mass is 10.1. The van der Waals surface area contributed by atoms with E-state index in [0.717, 1.165) is 12.1 Å². The molecule has 19 heavy (non-hydrogen) atoms. The van der Waals surface area contributed by atoms with Crippen LogP contribution in [0.5, 0.6) is 0 Å². The van der Waals surface area contributed by atoms with E-state index in [9.17, 15) is 4.79 Å². The molecule has 0 fully saturated rings. The average molecular weight is 274 g/mol. The Morgan fingerprint density at radius 1 is 1.42 bits per heavy atom. The Morgan fingerprint density at radius 3 is 2.84 bits per heavy atom. The summed E-state index contributed by atoms with van der Waals surface area (Å²) in [5, 5.41) is 5.57. The fraction of sp³-hybridized carbons (Fsp3) is 0.267. The highest BCUT2D eigenvalue weighted by Crippen LogP contribution is 2.23. The molecule has 0 aliphatic rings. The molecule has 1 atom stereocenters. The van der Waals surface area contributed by atoms with Gasteiger partial charge in [0.2, 0.25) is 5.91 Å². The number of hydrogen-bond donors (Lipinski definition) is 2. The lowest BCUT2D eigenvalue weighted by molar-refractivity contribution is 0.1000. The van der Waals surface area contributed by atoms with Crippen LogP contribution in [0, 0.1) is 6.92 Å². The molecule has 4 heteroatoms. The van der Waals surface area contributed by atoms with Crippen molar-refractivity contribution in [3.63, 3.8) is 0 Å². The van der Waals surface area contributed by atoms with Gasteiger partial charge in [-0.05, 0) is 48.6 Å². The summed E-state index contributed by atoms with van der Waals surface area (Å²) in [6.45, 7) is 4.99. The third-order valence-corrected chi connectivity index (χ3v) is 4.32. The molecular weight excluding hydrogens is 256 g/mol. The summed E-state index contributed by atoms with van der Waals surface area (Å²) in [5.41, 5.74) is 8.22. The summed E-state index contributed by atoms with van der Waals surface area (Å²) >= 11 is 1.76. The first-order valence-corrected chi connectivity index (χ1v) is 7.12. The molecule has 0 radical (unpaired) electrons. The molecule has 0 aliphatic carbocycles. The number of carbonyl (C=O) groups is 1. The maximum absolute atomic E-state index is 11.1. The number of hydrogen-bond acceptors (Lipinski definition) is 3. The van der Waals surface area contributed by atoms with Crippen LogP contribution in [0.1, 0.15) is 39.3 Å². The van der Waals surface area contributed by atoms with Gasteiger partial charge in [-0.2, -0.15) is 0 Å². The van der Waals surface area contributed by atoms with Crippen molar-refractivity contribution in [2.75, 3.05) is 0 Å². The maximum Gasteiger partial charge on any atom is 0.248 e. The van der Waals surface area contributed by atoms with Crippen LogP contribution in [0.4, 0.5) is 0 Å². The standard InChI is InChI=1S/C15H18N2OS/c1-10-6-7-19-14(10)11(2)17-9-12-4-3-5-13(8-12)15(16)18/h3-8,11,17H,9H2,1-2H3,(H2,16,18). The lowest BCUT2D eigenvalue weighted by Gasteiger charge is -2.13. The van der Waals surface area contributed by atoms with E-state index in [2.05, 4.69) is 30.6 Å². The lowest BCUT2D eigenvalue weighted by Crippen LogP contribution is -2.18. The second-order valence-corrected chi connectivity index (χ2v) is 5.58.